The Morgan fingerprint density at radius 1 is 1.03 bits per heavy atom. The Labute approximate surface area is 194 Å². The van der Waals surface area contributed by atoms with Crippen molar-refractivity contribution in [3.8, 4) is 11.8 Å². The average molecular weight is 434 g/mol. The molecule has 0 saturated heterocycles. The van der Waals surface area contributed by atoms with Crippen molar-refractivity contribution in [3.63, 3.8) is 0 Å². The standard InChI is InChI=1S/C29H39NO2/c1-4-5-6-10-15-29(2,3)25-13-14-27(24-16-23(20-30)17-26(31)18-24)28(19-25)32-21-22-11-8-7-9-12-22/h7-9,11-14,19,23-24,26,31H,4-6,10,15-18,21H2,1-3H3/t23-,24-,26-/m1/s1. The fourth-order valence-corrected chi connectivity index (χ4v) is 4.94. The molecule has 0 aliphatic heterocycles. The molecule has 0 heterocycles. The summed E-state index contributed by atoms with van der Waals surface area (Å²) in [7, 11) is 0. The van der Waals surface area contributed by atoms with Crippen LogP contribution in [0.25, 0.3) is 0 Å². The molecule has 0 amide bonds. The lowest BCUT2D eigenvalue weighted by Crippen LogP contribution is -2.25. The van der Waals surface area contributed by atoms with Gasteiger partial charge in [0.15, 0.2) is 0 Å². The van der Waals surface area contributed by atoms with Gasteiger partial charge in [-0.1, -0.05) is 88.9 Å². The van der Waals surface area contributed by atoms with E-state index in [1.165, 1.54) is 31.2 Å². The third-order valence-electron chi connectivity index (χ3n) is 6.99. The van der Waals surface area contributed by atoms with Crippen molar-refractivity contribution in [3.05, 3.63) is 65.2 Å². The molecule has 3 atom stereocenters. The number of unbranched alkanes of at least 4 members (excludes halogenated alkanes) is 3. The van der Waals surface area contributed by atoms with E-state index in [1.54, 1.807) is 0 Å². The molecule has 0 radical (unpaired) electrons. The number of nitrogens with zero attached hydrogens (tertiary/aromatic N) is 1. The lowest BCUT2D eigenvalue weighted by atomic mass is 9.75. The molecular formula is C29H39NO2. The number of ether oxygens (including phenoxy) is 1. The van der Waals surface area contributed by atoms with E-state index in [0.717, 1.165) is 29.7 Å². The van der Waals surface area contributed by atoms with Gasteiger partial charge in [0.25, 0.3) is 0 Å². The Morgan fingerprint density at radius 3 is 2.53 bits per heavy atom. The highest BCUT2D eigenvalue weighted by atomic mass is 16.5. The van der Waals surface area contributed by atoms with Crippen LogP contribution >= 0.6 is 0 Å². The molecular weight excluding hydrogens is 394 g/mol. The molecule has 1 N–H and O–H groups in total. The van der Waals surface area contributed by atoms with Crippen LogP contribution in [-0.2, 0) is 12.0 Å². The molecule has 3 heteroatoms. The van der Waals surface area contributed by atoms with Gasteiger partial charge >= 0.3 is 0 Å². The van der Waals surface area contributed by atoms with E-state index in [9.17, 15) is 10.4 Å². The molecule has 0 unspecified atom stereocenters. The number of hydrogen-bond donors (Lipinski definition) is 1. The molecule has 3 nitrogen and oxygen atoms in total. The fourth-order valence-electron chi connectivity index (χ4n) is 4.94. The van der Waals surface area contributed by atoms with Crippen LogP contribution in [-0.4, -0.2) is 11.2 Å². The van der Waals surface area contributed by atoms with Gasteiger partial charge in [-0.2, -0.15) is 5.26 Å². The Hall–Kier alpha value is -2.31. The summed E-state index contributed by atoms with van der Waals surface area (Å²) in [5, 5.41) is 19.8. The molecule has 0 spiro atoms. The van der Waals surface area contributed by atoms with Crippen molar-refractivity contribution < 1.29 is 9.84 Å². The van der Waals surface area contributed by atoms with Crippen molar-refractivity contribution in [2.75, 3.05) is 0 Å². The summed E-state index contributed by atoms with van der Waals surface area (Å²) in [6.45, 7) is 7.42. The topological polar surface area (TPSA) is 53.2 Å². The summed E-state index contributed by atoms with van der Waals surface area (Å²) in [5.74, 6) is 0.958. The lowest BCUT2D eigenvalue weighted by Gasteiger charge is -2.32. The average Bonchev–Trinajstić information content (AvgIpc) is 2.80. The number of aliphatic hydroxyl groups excluding tert-OH is 1. The highest BCUT2D eigenvalue weighted by Crippen LogP contribution is 2.42. The highest BCUT2D eigenvalue weighted by molar-refractivity contribution is 5.43. The Kier molecular flexibility index (Phi) is 8.76. The van der Waals surface area contributed by atoms with Crippen LogP contribution in [0.2, 0.25) is 0 Å². The highest BCUT2D eigenvalue weighted by Gasteiger charge is 2.31. The number of benzene rings is 2. The van der Waals surface area contributed by atoms with Gasteiger partial charge in [-0.15, -0.1) is 0 Å². The quantitative estimate of drug-likeness (QED) is 0.400. The van der Waals surface area contributed by atoms with E-state index in [2.05, 4.69) is 57.2 Å². The van der Waals surface area contributed by atoms with Gasteiger partial charge in [0.05, 0.1) is 12.2 Å². The van der Waals surface area contributed by atoms with Crippen molar-refractivity contribution in [2.24, 2.45) is 5.92 Å². The number of rotatable bonds is 10. The minimum absolute atomic E-state index is 0.0817. The smallest absolute Gasteiger partial charge is 0.123 e. The lowest BCUT2D eigenvalue weighted by molar-refractivity contribution is 0.102. The van der Waals surface area contributed by atoms with Crippen LogP contribution in [0.4, 0.5) is 0 Å². The molecule has 1 saturated carbocycles. The number of aliphatic hydroxyl groups is 1. The zero-order chi connectivity index (χ0) is 23.0. The second-order valence-corrected chi connectivity index (χ2v) is 10.1. The molecule has 1 fully saturated rings. The molecule has 32 heavy (non-hydrogen) atoms. The molecule has 1 aliphatic rings. The van der Waals surface area contributed by atoms with Crippen molar-refractivity contribution >= 4 is 0 Å². The predicted molar refractivity (Wildman–Crippen MR) is 131 cm³/mol. The Balaban J connectivity index is 1.85. The van der Waals surface area contributed by atoms with Crippen LogP contribution < -0.4 is 4.74 Å². The van der Waals surface area contributed by atoms with Gasteiger partial charge in [0.1, 0.15) is 12.4 Å². The second-order valence-electron chi connectivity index (χ2n) is 10.1. The molecule has 1 aliphatic carbocycles. The maximum absolute atomic E-state index is 10.4. The van der Waals surface area contributed by atoms with E-state index < -0.39 is 6.10 Å². The molecule has 2 aromatic rings. The normalized spacial score (nSPS) is 21.2. The summed E-state index contributed by atoms with van der Waals surface area (Å²) in [6.07, 6.45) is 7.86. The van der Waals surface area contributed by atoms with E-state index in [4.69, 9.17) is 4.74 Å². The molecule has 3 rings (SSSR count). The van der Waals surface area contributed by atoms with Crippen LogP contribution in [0.5, 0.6) is 5.75 Å². The first-order valence-corrected chi connectivity index (χ1v) is 12.3. The Morgan fingerprint density at radius 2 is 1.81 bits per heavy atom. The zero-order valence-electron chi connectivity index (χ0n) is 20.0. The van der Waals surface area contributed by atoms with Crippen LogP contribution in [0.1, 0.15) is 94.7 Å². The summed E-state index contributed by atoms with van der Waals surface area (Å²) < 4.78 is 6.39. The first-order valence-electron chi connectivity index (χ1n) is 12.3. The zero-order valence-corrected chi connectivity index (χ0v) is 20.0. The minimum Gasteiger partial charge on any atom is -0.489 e. The molecule has 0 bridgehead atoms. The summed E-state index contributed by atoms with van der Waals surface area (Å²) >= 11 is 0. The van der Waals surface area contributed by atoms with Crippen LogP contribution in [0.15, 0.2) is 48.5 Å². The van der Waals surface area contributed by atoms with Crippen LogP contribution in [0, 0.1) is 17.2 Å². The van der Waals surface area contributed by atoms with E-state index in [-0.39, 0.29) is 17.3 Å². The fraction of sp³-hybridized carbons (Fsp3) is 0.552. The number of nitriles is 1. The van der Waals surface area contributed by atoms with E-state index >= 15 is 0 Å². The van der Waals surface area contributed by atoms with Crippen molar-refractivity contribution in [1.29, 1.82) is 5.26 Å². The SMILES string of the molecule is CCCCCCC(C)(C)c1ccc([C@H]2C[C@H](O)C[C@H](C#N)C2)c(OCc2ccccc2)c1. The third kappa shape index (κ3) is 6.59. The Bertz CT molecular complexity index is 884. The van der Waals surface area contributed by atoms with Gasteiger partial charge in [0, 0.05) is 5.92 Å². The van der Waals surface area contributed by atoms with Gasteiger partial charge in [-0.05, 0) is 59.8 Å². The predicted octanol–water partition coefficient (Wildman–Crippen LogP) is 7.28. The van der Waals surface area contributed by atoms with Gasteiger partial charge in [0.2, 0.25) is 0 Å². The maximum atomic E-state index is 10.4. The first-order chi connectivity index (χ1) is 15.4. The molecule has 172 valence electrons. The van der Waals surface area contributed by atoms with E-state index in [1.807, 2.05) is 18.2 Å². The van der Waals surface area contributed by atoms with Crippen molar-refractivity contribution in [1.82, 2.24) is 0 Å². The van der Waals surface area contributed by atoms with Gasteiger partial charge in [-0.25, -0.2) is 0 Å². The summed E-state index contributed by atoms with van der Waals surface area (Å²) in [4.78, 5) is 0. The summed E-state index contributed by atoms with van der Waals surface area (Å²) in [5.41, 5.74) is 3.65. The summed E-state index contributed by atoms with van der Waals surface area (Å²) in [6, 6.07) is 19.3. The van der Waals surface area contributed by atoms with Gasteiger partial charge in [-0.3, -0.25) is 0 Å². The molecule has 0 aromatic heterocycles. The number of hydrogen-bond acceptors (Lipinski definition) is 3. The van der Waals surface area contributed by atoms with Crippen LogP contribution in [0.3, 0.4) is 0 Å². The maximum Gasteiger partial charge on any atom is 0.123 e. The minimum atomic E-state index is -0.421. The second kappa shape index (κ2) is 11.5. The van der Waals surface area contributed by atoms with Gasteiger partial charge < -0.3 is 9.84 Å². The largest absolute Gasteiger partial charge is 0.489 e. The van der Waals surface area contributed by atoms with Crippen molar-refractivity contribution in [2.45, 2.75) is 96.2 Å². The third-order valence-corrected chi connectivity index (χ3v) is 6.99. The monoisotopic (exact) mass is 433 g/mol. The van der Waals surface area contributed by atoms with E-state index in [0.29, 0.717) is 19.4 Å². The molecule has 2 aromatic carbocycles. The first kappa shape index (κ1) is 24.3.